The second-order valence-electron chi connectivity index (χ2n) is 5.81. The van der Waals surface area contributed by atoms with Crippen LogP contribution in [0, 0.1) is 16.0 Å². The maximum Gasteiger partial charge on any atom is 0.433 e. The van der Waals surface area contributed by atoms with Crippen molar-refractivity contribution in [1.29, 1.82) is 0 Å². The molecule has 0 aromatic carbocycles. The number of nitrogens with one attached hydrogen (secondary N) is 1. The van der Waals surface area contributed by atoms with Gasteiger partial charge in [0.25, 0.3) is 5.91 Å². The Kier molecular flexibility index (Phi) is 6.11. The Hall–Kier alpha value is -2.64. The van der Waals surface area contributed by atoms with E-state index in [0.29, 0.717) is 5.92 Å². The van der Waals surface area contributed by atoms with Gasteiger partial charge in [-0.1, -0.05) is 19.8 Å². The van der Waals surface area contributed by atoms with Crippen molar-refractivity contribution in [3.8, 4) is 0 Å². The van der Waals surface area contributed by atoms with E-state index in [0.717, 1.165) is 25.3 Å². The lowest BCUT2D eigenvalue weighted by Crippen LogP contribution is -2.42. The third kappa shape index (κ3) is 5.22. The lowest BCUT2D eigenvalue weighted by molar-refractivity contribution is -0.402. The van der Waals surface area contributed by atoms with Gasteiger partial charge in [0.05, 0.1) is 6.07 Å². The monoisotopic (exact) mass is 336 g/mol. The summed E-state index contributed by atoms with van der Waals surface area (Å²) in [5.41, 5.74) is 0. The van der Waals surface area contributed by atoms with E-state index in [1.54, 1.807) is 0 Å². The fourth-order valence-electron chi connectivity index (χ4n) is 2.64. The highest BCUT2D eigenvalue weighted by molar-refractivity contribution is 5.89. The zero-order chi connectivity index (χ0) is 17.5. The molecule has 1 N–H and O–H groups in total. The van der Waals surface area contributed by atoms with Crippen LogP contribution in [0.4, 0.5) is 5.88 Å². The predicted molar refractivity (Wildman–Crippen MR) is 84.9 cm³/mol. The molecular formula is C16H20N2O6. The van der Waals surface area contributed by atoms with Crippen LogP contribution < -0.4 is 5.32 Å². The number of amides is 1. The van der Waals surface area contributed by atoms with Gasteiger partial charge < -0.3 is 14.5 Å². The van der Waals surface area contributed by atoms with Gasteiger partial charge in [-0.25, -0.2) is 4.79 Å². The van der Waals surface area contributed by atoms with Gasteiger partial charge >= 0.3 is 11.9 Å². The first kappa shape index (κ1) is 17.7. The van der Waals surface area contributed by atoms with Crippen LogP contribution in [0.1, 0.15) is 38.4 Å². The molecule has 1 heterocycles. The van der Waals surface area contributed by atoms with Crippen molar-refractivity contribution in [2.75, 3.05) is 6.61 Å². The molecule has 0 saturated heterocycles. The predicted octanol–water partition coefficient (Wildman–Crippen LogP) is 2.44. The molecule has 24 heavy (non-hydrogen) atoms. The van der Waals surface area contributed by atoms with Crippen molar-refractivity contribution in [3.05, 3.63) is 34.1 Å². The Morgan fingerprint density at radius 1 is 1.42 bits per heavy atom. The molecule has 1 fully saturated rings. The highest BCUT2D eigenvalue weighted by atomic mass is 16.6. The van der Waals surface area contributed by atoms with Crippen molar-refractivity contribution < 1.29 is 23.7 Å². The number of nitrogens with zero attached hydrogens (tertiary/aromatic N) is 1. The molecule has 8 nitrogen and oxygen atoms in total. The Morgan fingerprint density at radius 2 is 2.17 bits per heavy atom. The van der Waals surface area contributed by atoms with E-state index in [1.807, 2.05) is 0 Å². The van der Waals surface area contributed by atoms with Gasteiger partial charge in [-0.3, -0.25) is 14.9 Å². The van der Waals surface area contributed by atoms with Gasteiger partial charge in [-0.15, -0.1) is 0 Å². The van der Waals surface area contributed by atoms with Gasteiger partial charge in [0.15, 0.2) is 6.61 Å². The lowest BCUT2D eigenvalue weighted by Gasteiger charge is -2.29. The molecule has 2 atom stereocenters. The molecule has 0 spiro atoms. The number of ether oxygens (including phenoxy) is 1. The van der Waals surface area contributed by atoms with E-state index < -0.39 is 16.8 Å². The zero-order valence-electron chi connectivity index (χ0n) is 13.4. The molecule has 2 rings (SSSR count). The van der Waals surface area contributed by atoms with Crippen LogP contribution >= 0.6 is 0 Å². The van der Waals surface area contributed by atoms with Crippen LogP contribution in [0.5, 0.6) is 0 Å². The maximum absolute atomic E-state index is 11.8. The number of esters is 1. The summed E-state index contributed by atoms with van der Waals surface area (Å²) in [4.78, 5) is 33.2. The van der Waals surface area contributed by atoms with Gasteiger partial charge in [0.2, 0.25) is 0 Å². The van der Waals surface area contributed by atoms with Crippen molar-refractivity contribution in [2.24, 2.45) is 5.92 Å². The minimum atomic E-state index is -0.721. The minimum Gasteiger partial charge on any atom is -0.452 e. The highest BCUT2D eigenvalue weighted by Crippen LogP contribution is 2.23. The molecule has 130 valence electrons. The normalized spacial score (nSPS) is 20.7. The molecule has 1 aromatic heterocycles. The minimum absolute atomic E-state index is 0.129. The van der Waals surface area contributed by atoms with Crippen LogP contribution in [0.2, 0.25) is 0 Å². The number of furan rings is 1. The molecular weight excluding hydrogens is 316 g/mol. The largest absolute Gasteiger partial charge is 0.452 e. The van der Waals surface area contributed by atoms with E-state index in [9.17, 15) is 19.7 Å². The van der Waals surface area contributed by atoms with Crippen molar-refractivity contribution in [3.63, 3.8) is 0 Å². The summed E-state index contributed by atoms with van der Waals surface area (Å²) in [5, 5.41) is 13.3. The molecule has 1 aliphatic rings. The Morgan fingerprint density at radius 3 is 2.83 bits per heavy atom. The Balaban J connectivity index is 1.74. The first-order chi connectivity index (χ1) is 11.5. The molecule has 8 heteroatoms. The number of hydrogen-bond acceptors (Lipinski definition) is 6. The first-order valence-electron chi connectivity index (χ1n) is 7.84. The smallest absolute Gasteiger partial charge is 0.433 e. The quantitative estimate of drug-likeness (QED) is 0.369. The maximum atomic E-state index is 11.8. The van der Waals surface area contributed by atoms with Crippen molar-refractivity contribution in [1.82, 2.24) is 5.32 Å². The molecule has 1 aliphatic carbocycles. The lowest BCUT2D eigenvalue weighted by atomic mass is 9.86. The van der Waals surface area contributed by atoms with Gasteiger partial charge in [-0.2, -0.15) is 0 Å². The summed E-state index contributed by atoms with van der Waals surface area (Å²) < 4.78 is 9.70. The number of nitro groups is 1. The second kappa shape index (κ2) is 8.28. The molecule has 1 amide bonds. The van der Waals surface area contributed by atoms with E-state index in [-0.39, 0.29) is 24.3 Å². The van der Waals surface area contributed by atoms with Crippen LogP contribution in [-0.2, 0) is 14.3 Å². The average Bonchev–Trinajstić information content (AvgIpc) is 3.02. The standard InChI is InChI=1S/C16H20N2O6/c1-11-4-2-3-5-13(11)17-14(19)10-23-16(20)9-7-12-6-8-15(24-12)18(21)22/h6-9,11,13H,2-5,10H2,1H3,(H,17,19)/b9-7+/t11-,13-/m0/s1. The summed E-state index contributed by atoms with van der Waals surface area (Å²) in [5.74, 6) is -0.888. The van der Waals surface area contributed by atoms with Gasteiger partial charge in [0.1, 0.15) is 10.7 Å². The summed E-state index contributed by atoms with van der Waals surface area (Å²) in [6.07, 6.45) is 6.60. The summed E-state index contributed by atoms with van der Waals surface area (Å²) in [6, 6.07) is 2.67. The first-order valence-corrected chi connectivity index (χ1v) is 7.84. The second-order valence-corrected chi connectivity index (χ2v) is 5.81. The van der Waals surface area contributed by atoms with Crippen LogP contribution in [0.3, 0.4) is 0 Å². The molecule has 1 aromatic rings. The van der Waals surface area contributed by atoms with E-state index in [2.05, 4.69) is 12.2 Å². The zero-order valence-corrected chi connectivity index (χ0v) is 13.4. The Bertz CT molecular complexity index is 636. The third-order valence-electron chi connectivity index (χ3n) is 3.98. The molecule has 0 aliphatic heterocycles. The topological polar surface area (TPSA) is 112 Å². The van der Waals surface area contributed by atoms with E-state index >= 15 is 0 Å². The summed E-state index contributed by atoms with van der Waals surface area (Å²) >= 11 is 0. The molecule has 1 saturated carbocycles. The molecule has 0 unspecified atom stereocenters. The number of rotatable bonds is 6. The van der Waals surface area contributed by atoms with Gasteiger partial charge in [-0.05, 0) is 30.9 Å². The highest BCUT2D eigenvalue weighted by Gasteiger charge is 2.22. The fourth-order valence-corrected chi connectivity index (χ4v) is 2.64. The summed E-state index contributed by atoms with van der Waals surface area (Å²) in [6.45, 7) is 1.74. The fraction of sp³-hybridized carbons (Fsp3) is 0.500. The van der Waals surface area contributed by atoms with Crippen molar-refractivity contribution in [2.45, 2.75) is 38.6 Å². The number of hydrogen-bond donors (Lipinski definition) is 1. The Labute approximate surface area is 139 Å². The number of carbonyl (C=O) groups is 2. The van der Waals surface area contributed by atoms with E-state index in [4.69, 9.17) is 9.15 Å². The molecule has 0 radical (unpaired) electrons. The van der Waals surface area contributed by atoms with Crippen LogP contribution in [0.15, 0.2) is 22.6 Å². The number of carbonyl (C=O) groups excluding carboxylic acids is 2. The van der Waals surface area contributed by atoms with E-state index in [1.165, 1.54) is 24.6 Å². The molecule has 0 bridgehead atoms. The third-order valence-corrected chi connectivity index (χ3v) is 3.98. The van der Waals surface area contributed by atoms with Crippen LogP contribution in [0.25, 0.3) is 6.08 Å². The van der Waals surface area contributed by atoms with Gasteiger partial charge in [0, 0.05) is 12.1 Å². The average molecular weight is 336 g/mol. The van der Waals surface area contributed by atoms with Crippen molar-refractivity contribution >= 4 is 23.8 Å². The summed E-state index contributed by atoms with van der Waals surface area (Å²) in [7, 11) is 0. The van der Waals surface area contributed by atoms with Crippen LogP contribution in [-0.4, -0.2) is 29.4 Å². The SMILES string of the molecule is C[C@H]1CCCC[C@@H]1NC(=O)COC(=O)/C=C/c1ccc([N+](=O)[O-])o1.